The van der Waals surface area contributed by atoms with Gasteiger partial charge in [0.1, 0.15) is 16.6 Å². The molecule has 0 saturated carbocycles. The lowest BCUT2D eigenvalue weighted by Gasteiger charge is -2.08. The number of nitrogen functional groups attached to an aromatic ring is 1. The Morgan fingerprint density at radius 1 is 1.56 bits per heavy atom. The van der Waals surface area contributed by atoms with E-state index in [1.54, 1.807) is 0 Å². The maximum atomic E-state index is 10.9. The summed E-state index contributed by atoms with van der Waals surface area (Å²) in [5.41, 5.74) is 2.42. The zero-order valence-corrected chi connectivity index (χ0v) is 10.2. The van der Waals surface area contributed by atoms with Gasteiger partial charge in [0.15, 0.2) is 5.82 Å². The van der Waals surface area contributed by atoms with Crippen LogP contribution in [0.5, 0.6) is 0 Å². The van der Waals surface area contributed by atoms with E-state index in [9.17, 15) is 4.79 Å². The fraction of sp³-hybridized carbons (Fsp3) is 0.375. The van der Waals surface area contributed by atoms with Crippen molar-refractivity contribution in [3.63, 3.8) is 0 Å². The van der Waals surface area contributed by atoms with Gasteiger partial charge in [0.05, 0.1) is 13.5 Å². The first-order chi connectivity index (χ1) is 7.69. The van der Waals surface area contributed by atoms with E-state index >= 15 is 0 Å². The van der Waals surface area contributed by atoms with Crippen LogP contribution in [0.2, 0.25) is 0 Å². The number of rotatable bonds is 5. The summed E-state index contributed by atoms with van der Waals surface area (Å²) in [5, 5.41) is 2.96. The molecule has 0 radical (unpaired) electrons. The van der Waals surface area contributed by atoms with Crippen molar-refractivity contribution in [1.82, 2.24) is 9.97 Å². The Morgan fingerprint density at radius 2 is 2.25 bits per heavy atom. The normalized spacial score (nSPS) is 9.69. The molecule has 0 spiro atoms. The molecule has 0 unspecified atom stereocenters. The molecule has 0 saturated heterocycles. The van der Waals surface area contributed by atoms with Crippen LogP contribution in [-0.4, -0.2) is 29.6 Å². The number of nitrogens with one attached hydrogen (secondary N) is 2. The van der Waals surface area contributed by atoms with E-state index in [1.165, 1.54) is 13.4 Å². The summed E-state index contributed by atoms with van der Waals surface area (Å²) in [7, 11) is 1.35. The van der Waals surface area contributed by atoms with E-state index in [-0.39, 0.29) is 12.4 Å². The standard InChI is InChI=1S/C8H12BrN5O2/c1-16-5(15)2-3-11-7-6(9)8(14-10)13-4-12-7/h4H,2-3,10H2,1H3,(H2,11,12,13,14). The minimum Gasteiger partial charge on any atom is -0.469 e. The fourth-order valence-corrected chi connectivity index (χ4v) is 1.44. The molecular formula is C8H12BrN5O2. The number of ether oxygens (including phenoxy) is 1. The number of aromatic nitrogens is 2. The maximum Gasteiger partial charge on any atom is 0.307 e. The van der Waals surface area contributed by atoms with Crippen molar-refractivity contribution in [2.75, 3.05) is 24.4 Å². The molecule has 0 bridgehead atoms. The predicted molar refractivity (Wildman–Crippen MR) is 62.7 cm³/mol. The number of nitrogens with zero attached hydrogens (tertiary/aromatic N) is 2. The topological polar surface area (TPSA) is 102 Å². The van der Waals surface area contributed by atoms with Crippen LogP contribution >= 0.6 is 15.9 Å². The van der Waals surface area contributed by atoms with Crippen LogP contribution in [0.25, 0.3) is 0 Å². The van der Waals surface area contributed by atoms with Crippen molar-refractivity contribution in [3.8, 4) is 0 Å². The largest absolute Gasteiger partial charge is 0.469 e. The van der Waals surface area contributed by atoms with Crippen LogP contribution in [-0.2, 0) is 9.53 Å². The van der Waals surface area contributed by atoms with E-state index in [2.05, 4.69) is 41.4 Å². The quantitative estimate of drug-likeness (QED) is 0.412. The van der Waals surface area contributed by atoms with Crippen LogP contribution in [0.3, 0.4) is 0 Å². The van der Waals surface area contributed by atoms with E-state index in [0.29, 0.717) is 22.7 Å². The third-order valence-electron chi connectivity index (χ3n) is 1.78. The van der Waals surface area contributed by atoms with Gasteiger partial charge >= 0.3 is 5.97 Å². The highest BCUT2D eigenvalue weighted by molar-refractivity contribution is 9.10. The SMILES string of the molecule is COC(=O)CCNc1ncnc(NN)c1Br. The number of hydrogen-bond donors (Lipinski definition) is 3. The molecule has 16 heavy (non-hydrogen) atoms. The first-order valence-electron chi connectivity index (χ1n) is 4.46. The van der Waals surface area contributed by atoms with Gasteiger partial charge in [-0.05, 0) is 15.9 Å². The number of nitrogens with two attached hydrogens (primary N) is 1. The molecular weight excluding hydrogens is 278 g/mol. The summed E-state index contributed by atoms with van der Waals surface area (Å²) in [4.78, 5) is 18.8. The van der Waals surface area contributed by atoms with Gasteiger partial charge < -0.3 is 15.5 Å². The lowest BCUT2D eigenvalue weighted by molar-refractivity contribution is -0.140. The Labute approximate surface area is 101 Å². The zero-order chi connectivity index (χ0) is 12.0. The predicted octanol–water partition coefficient (Wildman–Crippen LogP) is 0.500. The van der Waals surface area contributed by atoms with Crippen LogP contribution in [0, 0.1) is 0 Å². The number of hydrogen-bond acceptors (Lipinski definition) is 7. The molecule has 88 valence electrons. The number of anilines is 2. The number of halogens is 1. The molecule has 8 heteroatoms. The molecule has 0 aromatic carbocycles. The molecule has 0 atom stereocenters. The highest BCUT2D eigenvalue weighted by Crippen LogP contribution is 2.25. The highest BCUT2D eigenvalue weighted by atomic mass is 79.9. The van der Waals surface area contributed by atoms with Crippen molar-refractivity contribution in [2.45, 2.75) is 6.42 Å². The first kappa shape index (κ1) is 12.7. The third kappa shape index (κ3) is 3.31. The van der Waals surface area contributed by atoms with Gasteiger partial charge in [-0.15, -0.1) is 0 Å². The number of carbonyl (C=O) groups is 1. The van der Waals surface area contributed by atoms with Gasteiger partial charge in [-0.25, -0.2) is 15.8 Å². The molecule has 1 aromatic rings. The summed E-state index contributed by atoms with van der Waals surface area (Å²) in [6.07, 6.45) is 1.62. The molecule has 1 aromatic heterocycles. The monoisotopic (exact) mass is 289 g/mol. The van der Waals surface area contributed by atoms with Gasteiger partial charge in [-0.1, -0.05) is 0 Å². The molecule has 0 fully saturated rings. The minimum absolute atomic E-state index is 0.262. The Hall–Kier alpha value is -1.41. The highest BCUT2D eigenvalue weighted by Gasteiger charge is 2.07. The second-order valence-corrected chi connectivity index (χ2v) is 3.58. The third-order valence-corrected chi connectivity index (χ3v) is 2.53. The fourth-order valence-electron chi connectivity index (χ4n) is 0.979. The van der Waals surface area contributed by atoms with Crippen molar-refractivity contribution in [1.29, 1.82) is 0 Å². The molecule has 4 N–H and O–H groups in total. The maximum absolute atomic E-state index is 10.9. The van der Waals surface area contributed by atoms with Crippen LogP contribution < -0.4 is 16.6 Å². The minimum atomic E-state index is -0.283. The molecule has 0 aliphatic carbocycles. The Bertz CT molecular complexity index is 373. The van der Waals surface area contributed by atoms with Gasteiger partial charge in [0, 0.05) is 6.54 Å². The van der Waals surface area contributed by atoms with E-state index in [4.69, 9.17) is 5.84 Å². The second-order valence-electron chi connectivity index (χ2n) is 2.78. The van der Waals surface area contributed by atoms with Gasteiger partial charge in [0.2, 0.25) is 0 Å². The number of esters is 1. The summed E-state index contributed by atoms with van der Waals surface area (Å²) >= 11 is 3.28. The average molecular weight is 290 g/mol. The molecule has 1 heterocycles. The lowest BCUT2D eigenvalue weighted by Crippen LogP contribution is -2.13. The summed E-state index contributed by atoms with van der Waals surface area (Å²) in [6, 6.07) is 0. The second kappa shape index (κ2) is 6.23. The smallest absolute Gasteiger partial charge is 0.307 e. The van der Waals surface area contributed by atoms with E-state index in [1.807, 2.05) is 0 Å². The zero-order valence-electron chi connectivity index (χ0n) is 8.66. The summed E-state index contributed by atoms with van der Waals surface area (Å²) < 4.78 is 5.12. The van der Waals surface area contributed by atoms with Crippen LogP contribution in [0.4, 0.5) is 11.6 Å². The number of methoxy groups -OCH3 is 1. The Kier molecular flexibility index (Phi) is 4.93. The van der Waals surface area contributed by atoms with Crippen molar-refractivity contribution < 1.29 is 9.53 Å². The molecule has 0 aliphatic rings. The first-order valence-corrected chi connectivity index (χ1v) is 5.26. The van der Waals surface area contributed by atoms with E-state index < -0.39 is 0 Å². The molecule has 0 amide bonds. The molecule has 0 aliphatic heterocycles. The molecule has 7 nitrogen and oxygen atoms in total. The van der Waals surface area contributed by atoms with E-state index in [0.717, 1.165) is 0 Å². The van der Waals surface area contributed by atoms with Crippen LogP contribution in [0.1, 0.15) is 6.42 Å². The Morgan fingerprint density at radius 3 is 2.88 bits per heavy atom. The van der Waals surface area contributed by atoms with Gasteiger partial charge in [0.25, 0.3) is 0 Å². The van der Waals surface area contributed by atoms with Crippen molar-refractivity contribution >= 4 is 33.5 Å². The number of carbonyl (C=O) groups excluding carboxylic acids is 1. The summed E-state index contributed by atoms with van der Waals surface area (Å²) in [5.74, 6) is 5.99. The molecule has 1 rings (SSSR count). The number of hydrazine groups is 1. The summed E-state index contributed by atoms with van der Waals surface area (Å²) in [6.45, 7) is 0.423. The Balaban J connectivity index is 2.57. The van der Waals surface area contributed by atoms with Crippen molar-refractivity contribution in [3.05, 3.63) is 10.8 Å². The van der Waals surface area contributed by atoms with Crippen LogP contribution in [0.15, 0.2) is 10.8 Å². The lowest BCUT2D eigenvalue weighted by atomic mass is 10.4. The average Bonchev–Trinajstić information content (AvgIpc) is 2.31. The van der Waals surface area contributed by atoms with Crippen molar-refractivity contribution in [2.24, 2.45) is 5.84 Å². The van der Waals surface area contributed by atoms with Gasteiger partial charge in [-0.3, -0.25) is 4.79 Å². The van der Waals surface area contributed by atoms with Gasteiger partial charge in [-0.2, -0.15) is 0 Å².